The molecule has 0 radical (unpaired) electrons. The zero-order valence-electron chi connectivity index (χ0n) is 15.3. The van der Waals surface area contributed by atoms with Crippen molar-refractivity contribution in [2.45, 2.75) is 31.7 Å². The number of para-hydroxylation sites is 2. The molecule has 0 spiro atoms. The predicted molar refractivity (Wildman–Crippen MR) is 115 cm³/mol. The van der Waals surface area contributed by atoms with E-state index in [2.05, 4.69) is 16.7 Å². The first-order valence-corrected chi connectivity index (χ1v) is 9.37. The van der Waals surface area contributed by atoms with Crippen LogP contribution in [0.5, 0.6) is 0 Å². The number of nitrogens with one attached hydrogen (secondary N) is 2. The van der Waals surface area contributed by atoms with E-state index in [0.717, 1.165) is 41.8 Å². The minimum absolute atomic E-state index is 0. The highest BCUT2D eigenvalue weighted by molar-refractivity contribution is 5.91. The van der Waals surface area contributed by atoms with Crippen molar-refractivity contribution in [3.63, 3.8) is 0 Å². The Morgan fingerprint density at radius 2 is 1.59 bits per heavy atom. The van der Waals surface area contributed by atoms with Crippen LogP contribution in [0.4, 0.5) is 17.5 Å². The highest BCUT2D eigenvalue weighted by atomic mass is 35.5. The van der Waals surface area contributed by atoms with Gasteiger partial charge in [-0.1, -0.05) is 30.3 Å². The Hall–Kier alpha value is -2.37. The monoisotopic (exact) mass is 383 g/mol. The fourth-order valence-electron chi connectivity index (χ4n) is 3.62. The second kappa shape index (κ2) is 9.02. The molecule has 1 aliphatic carbocycles. The molecule has 27 heavy (non-hydrogen) atoms. The summed E-state index contributed by atoms with van der Waals surface area (Å²) in [4.78, 5) is 9.50. The van der Waals surface area contributed by atoms with Gasteiger partial charge in [-0.3, -0.25) is 0 Å². The van der Waals surface area contributed by atoms with E-state index in [1.54, 1.807) is 0 Å². The number of fused-ring (bicyclic) bond motifs is 1. The van der Waals surface area contributed by atoms with Crippen molar-refractivity contribution < 1.29 is 0 Å². The van der Waals surface area contributed by atoms with Gasteiger partial charge >= 0.3 is 0 Å². The predicted octanol–water partition coefficient (Wildman–Crippen LogP) is 4.72. The number of halogens is 1. The molecular formula is C21H26ClN5. The number of nitrogens with zero attached hydrogens (tertiary/aromatic N) is 2. The van der Waals surface area contributed by atoms with Crippen LogP contribution in [-0.2, 0) is 0 Å². The first kappa shape index (κ1) is 19.4. The Morgan fingerprint density at radius 1 is 0.889 bits per heavy atom. The van der Waals surface area contributed by atoms with Gasteiger partial charge in [0, 0.05) is 17.1 Å². The molecule has 1 aromatic heterocycles. The van der Waals surface area contributed by atoms with Crippen molar-refractivity contribution in [1.82, 2.24) is 9.97 Å². The van der Waals surface area contributed by atoms with Gasteiger partial charge in [0.1, 0.15) is 5.82 Å². The fourth-order valence-corrected chi connectivity index (χ4v) is 3.62. The number of hydrogen-bond acceptors (Lipinski definition) is 5. The summed E-state index contributed by atoms with van der Waals surface area (Å²) in [6.45, 7) is 0.796. The van der Waals surface area contributed by atoms with Gasteiger partial charge in [-0.25, -0.2) is 4.98 Å². The summed E-state index contributed by atoms with van der Waals surface area (Å²) in [5.74, 6) is 2.19. The van der Waals surface area contributed by atoms with Gasteiger partial charge < -0.3 is 16.4 Å². The summed E-state index contributed by atoms with van der Waals surface area (Å²) in [5, 5.41) is 8.00. The van der Waals surface area contributed by atoms with Crippen LogP contribution in [0.15, 0.2) is 54.6 Å². The van der Waals surface area contributed by atoms with Crippen molar-refractivity contribution in [1.29, 1.82) is 0 Å². The van der Waals surface area contributed by atoms with Crippen LogP contribution in [0.3, 0.4) is 0 Å². The Kier molecular flexibility index (Phi) is 6.48. The molecule has 4 N–H and O–H groups in total. The van der Waals surface area contributed by atoms with E-state index in [1.807, 2.05) is 48.5 Å². The Labute approximate surface area is 166 Å². The van der Waals surface area contributed by atoms with Crippen molar-refractivity contribution in [3.8, 4) is 0 Å². The molecule has 5 nitrogen and oxygen atoms in total. The highest BCUT2D eigenvalue weighted by Crippen LogP contribution is 2.28. The van der Waals surface area contributed by atoms with Gasteiger partial charge in [-0.15, -0.1) is 12.4 Å². The normalized spacial score (nSPS) is 19.3. The molecule has 1 fully saturated rings. The summed E-state index contributed by atoms with van der Waals surface area (Å²) in [5.41, 5.74) is 7.77. The van der Waals surface area contributed by atoms with Crippen molar-refractivity contribution >= 4 is 40.8 Å². The van der Waals surface area contributed by atoms with Crippen LogP contribution >= 0.6 is 12.4 Å². The van der Waals surface area contributed by atoms with E-state index in [1.165, 1.54) is 12.8 Å². The molecule has 2 aromatic carbocycles. The van der Waals surface area contributed by atoms with Gasteiger partial charge in [0.15, 0.2) is 0 Å². The molecule has 0 bridgehead atoms. The Morgan fingerprint density at radius 3 is 2.33 bits per heavy atom. The first-order chi connectivity index (χ1) is 12.8. The average molecular weight is 384 g/mol. The molecule has 0 unspecified atom stereocenters. The van der Waals surface area contributed by atoms with Gasteiger partial charge in [-0.05, 0) is 62.4 Å². The van der Waals surface area contributed by atoms with E-state index in [9.17, 15) is 0 Å². The number of rotatable bonds is 5. The lowest BCUT2D eigenvalue weighted by Crippen LogP contribution is -2.29. The molecule has 1 heterocycles. The molecule has 6 heteroatoms. The maximum Gasteiger partial charge on any atom is 0.225 e. The summed E-state index contributed by atoms with van der Waals surface area (Å²) < 4.78 is 0. The molecule has 3 aromatic rings. The molecule has 0 amide bonds. The molecule has 142 valence electrons. The highest BCUT2D eigenvalue weighted by Gasteiger charge is 2.21. The van der Waals surface area contributed by atoms with Gasteiger partial charge in [0.05, 0.1) is 5.52 Å². The van der Waals surface area contributed by atoms with Gasteiger partial charge in [0.25, 0.3) is 0 Å². The number of nitrogens with two attached hydrogens (primary N) is 1. The van der Waals surface area contributed by atoms with E-state index in [0.29, 0.717) is 17.9 Å². The second-order valence-electron chi connectivity index (χ2n) is 7.00. The topological polar surface area (TPSA) is 75.9 Å². The number of aromatic nitrogens is 2. The lowest BCUT2D eigenvalue weighted by atomic mass is 9.86. The Balaban J connectivity index is 0.00000210. The largest absolute Gasteiger partial charge is 0.351 e. The maximum absolute atomic E-state index is 5.80. The molecule has 0 aliphatic heterocycles. The van der Waals surface area contributed by atoms with Crippen LogP contribution in [-0.4, -0.2) is 22.6 Å². The third-order valence-corrected chi connectivity index (χ3v) is 5.15. The smallest absolute Gasteiger partial charge is 0.225 e. The van der Waals surface area contributed by atoms with Gasteiger partial charge in [0.2, 0.25) is 5.95 Å². The van der Waals surface area contributed by atoms with Gasteiger partial charge in [-0.2, -0.15) is 4.98 Å². The standard InChI is InChI=1S/C21H25N5.ClH/c22-14-15-10-12-17(13-11-15)24-21-25-19-9-5-4-8-18(19)20(26-21)23-16-6-2-1-3-7-16;/h1-9,15,17H,10-14,22H2,(H2,23,24,25,26);1H. The lowest BCUT2D eigenvalue weighted by Gasteiger charge is -2.28. The fraction of sp³-hybridized carbons (Fsp3) is 0.333. The van der Waals surface area contributed by atoms with Crippen LogP contribution in [0.2, 0.25) is 0 Å². The van der Waals surface area contributed by atoms with Crippen LogP contribution < -0.4 is 16.4 Å². The minimum atomic E-state index is 0. The molecule has 1 saturated carbocycles. The summed E-state index contributed by atoms with van der Waals surface area (Å²) >= 11 is 0. The molecule has 1 aliphatic rings. The molecule has 0 atom stereocenters. The average Bonchev–Trinajstić information content (AvgIpc) is 2.69. The Bertz CT molecular complexity index is 863. The maximum atomic E-state index is 5.80. The zero-order chi connectivity index (χ0) is 17.8. The minimum Gasteiger partial charge on any atom is -0.351 e. The van der Waals surface area contributed by atoms with E-state index in [-0.39, 0.29) is 12.4 Å². The van der Waals surface area contributed by atoms with E-state index < -0.39 is 0 Å². The summed E-state index contributed by atoms with van der Waals surface area (Å²) in [7, 11) is 0. The molecular weight excluding hydrogens is 358 g/mol. The summed E-state index contributed by atoms with van der Waals surface area (Å²) in [6.07, 6.45) is 4.60. The third kappa shape index (κ3) is 4.67. The van der Waals surface area contributed by atoms with Crippen molar-refractivity contribution in [3.05, 3.63) is 54.6 Å². The third-order valence-electron chi connectivity index (χ3n) is 5.15. The van der Waals surface area contributed by atoms with Crippen LogP contribution in [0.1, 0.15) is 25.7 Å². The van der Waals surface area contributed by atoms with Crippen LogP contribution in [0, 0.1) is 5.92 Å². The number of anilines is 3. The lowest BCUT2D eigenvalue weighted by molar-refractivity contribution is 0.344. The SMILES string of the molecule is Cl.NCC1CCC(Nc2nc(Nc3ccccc3)c3ccccc3n2)CC1. The van der Waals surface area contributed by atoms with Crippen molar-refractivity contribution in [2.75, 3.05) is 17.2 Å². The zero-order valence-corrected chi connectivity index (χ0v) is 16.1. The summed E-state index contributed by atoms with van der Waals surface area (Å²) in [6, 6.07) is 18.6. The molecule has 0 saturated heterocycles. The van der Waals surface area contributed by atoms with Crippen molar-refractivity contribution in [2.24, 2.45) is 11.7 Å². The van der Waals surface area contributed by atoms with E-state index >= 15 is 0 Å². The quantitative estimate of drug-likeness (QED) is 0.594. The van der Waals surface area contributed by atoms with Crippen LogP contribution in [0.25, 0.3) is 10.9 Å². The second-order valence-corrected chi connectivity index (χ2v) is 7.00. The van der Waals surface area contributed by atoms with E-state index in [4.69, 9.17) is 15.7 Å². The molecule has 4 rings (SSSR count). The number of benzene rings is 2. The number of hydrogen-bond donors (Lipinski definition) is 3. The first-order valence-electron chi connectivity index (χ1n) is 9.37.